The maximum Gasteiger partial charge on any atom is 0.283 e. The van der Waals surface area contributed by atoms with Crippen LogP contribution in [0.3, 0.4) is 0 Å². The van der Waals surface area contributed by atoms with E-state index in [1.165, 1.54) is 17.8 Å². The van der Waals surface area contributed by atoms with E-state index in [-0.39, 0.29) is 10.8 Å². The average molecular weight is 268 g/mol. The fourth-order valence-electron chi connectivity index (χ4n) is 1.17. The molecule has 0 bridgehead atoms. The second-order valence-corrected chi connectivity index (χ2v) is 4.47. The van der Waals surface area contributed by atoms with Crippen molar-refractivity contribution in [1.82, 2.24) is 10.2 Å². The second kappa shape index (κ2) is 5.11. The minimum absolute atomic E-state index is 0.0502. The quantitative estimate of drug-likeness (QED) is 0.631. The molecule has 0 amide bonds. The highest BCUT2D eigenvalue weighted by molar-refractivity contribution is 7.99. The summed E-state index contributed by atoms with van der Waals surface area (Å²) in [6.45, 7) is 0. The number of nitro benzene ring substituents is 1. The predicted octanol–water partition coefficient (Wildman–Crippen LogP) is 3.19. The fourth-order valence-corrected chi connectivity index (χ4v) is 2.10. The van der Waals surface area contributed by atoms with Crippen LogP contribution in [0.2, 0.25) is 5.15 Å². The van der Waals surface area contributed by atoms with Crippen LogP contribution < -0.4 is 0 Å². The van der Waals surface area contributed by atoms with Crippen molar-refractivity contribution < 1.29 is 4.92 Å². The van der Waals surface area contributed by atoms with Crippen molar-refractivity contribution in [2.24, 2.45) is 0 Å². The lowest BCUT2D eigenvalue weighted by Crippen LogP contribution is -1.91. The molecule has 5 nitrogen and oxygen atoms in total. The lowest BCUT2D eigenvalue weighted by atomic mass is 10.3. The summed E-state index contributed by atoms with van der Waals surface area (Å²) in [6.07, 6.45) is 0. The number of halogens is 1. The van der Waals surface area contributed by atoms with E-state index in [0.29, 0.717) is 9.92 Å². The number of nitro groups is 1. The molecule has 2 aromatic rings. The maximum atomic E-state index is 10.8. The summed E-state index contributed by atoms with van der Waals surface area (Å²) in [5, 5.41) is 19.2. The Hall–Kier alpha value is -1.66. The molecule has 0 N–H and O–H groups in total. The van der Waals surface area contributed by atoms with Crippen molar-refractivity contribution in [2.75, 3.05) is 0 Å². The van der Waals surface area contributed by atoms with Gasteiger partial charge in [-0.05, 0) is 18.2 Å². The molecule has 0 aliphatic rings. The Balaban J connectivity index is 2.30. The van der Waals surface area contributed by atoms with E-state index in [4.69, 9.17) is 11.6 Å². The topological polar surface area (TPSA) is 68.9 Å². The van der Waals surface area contributed by atoms with Crippen molar-refractivity contribution in [3.8, 4) is 0 Å². The van der Waals surface area contributed by atoms with Gasteiger partial charge in [0.2, 0.25) is 0 Å². The molecule has 0 radical (unpaired) electrons. The second-order valence-electron chi connectivity index (χ2n) is 3.02. The molecule has 0 saturated carbocycles. The van der Waals surface area contributed by atoms with Crippen molar-refractivity contribution in [3.63, 3.8) is 0 Å². The zero-order chi connectivity index (χ0) is 12.3. The van der Waals surface area contributed by atoms with Gasteiger partial charge < -0.3 is 0 Å². The third kappa shape index (κ3) is 2.92. The van der Waals surface area contributed by atoms with Crippen molar-refractivity contribution in [2.45, 2.75) is 9.92 Å². The van der Waals surface area contributed by atoms with Crippen LogP contribution in [-0.2, 0) is 0 Å². The first-order valence-corrected chi connectivity index (χ1v) is 5.77. The Kier molecular flexibility index (Phi) is 3.55. The molecule has 0 aliphatic heterocycles. The Morgan fingerprint density at radius 3 is 2.59 bits per heavy atom. The van der Waals surface area contributed by atoms with Crippen LogP contribution in [0.15, 0.2) is 46.3 Å². The van der Waals surface area contributed by atoms with Crippen molar-refractivity contribution in [3.05, 3.63) is 51.7 Å². The largest absolute Gasteiger partial charge is 0.283 e. The molecule has 0 atom stereocenters. The first-order chi connectivity index (χ1) is 8.16. The molecule has 0 aliphatic carbocycles. The SMILES string of the molecule is O=[N+]([O-])c1ccccc1Sc1ccc(Cl)nn1. The van der Waals surface area contributed by atoms with Gasteiger partial charge in [0.25, 0.3) is 5.69 Å². The summed E-state index contributed by atoms with van der Waals surface area (Å²) in [5.41, 5.74) is 0.0502. The van der Waals surface area contributed by atoms with E-state index in [1.54, 1.807) is 30.3 Å². The smallest absolute Gasteiger partial charge is 0.258 e. The van der Waals surface area contributed by atoms with Gasteiger partial charge in [0.1, 0.15) is 5.03 Å². The van der Waals surface area contributed by atoms with Crippen molar-refractivity contribution >= 4 is 29.1 Å². The summed E-state index contributed by atoms with van der Waals surface area (Å²) in [7, 11) is 0. The van der Waals surface area contributed by atoms with E-state index < -0.39 is 4.92 Å². The number of benzene rings is 1. The standard InChI is InChI=1S/C10H6ClN3O2S/c11-9-5-6-10(13-12-9)17-8-4-2-1-3-7(8)14(15)16/h1-6H. The number of hydrogen-bond acceptors (Lipinski definition) is 5. The molecular formula is C10H6ClN3O2S. The summed E-state index contributed by atoms with van der Waals surface area (Å²) in [6, 6.07) is 9.72. The van der Waals surface area contributed by atoms with Gasteiger partial charge in [-0.1, -0.05) is 35.5 Å². The van der Waals surface area contributed by atoms with Gasteiger partial charge in [0.05, 0.1) is 9.82 Å². The Morgan fingerprint density at radius 2 is 1.94 bits per heavy atom. The van der Waals surface area contributed by atoms with Gasteiger partial charge in [-0.15, -0.1) is 10.2 Å². The molecular weight excluding hydrogens is 262 g/mol. The highest BCUT2D eigenvalue weighted by atomic mass is 35.5. The van der Waals surface area contributed by atoms with E-state index in [2.05, 4.69) is 10.2 Å². The lowest BCUT2D eigenvalue weighted by Gasteiger charge is -2.01. The summed E-state index contributed by atoms with van der Waals surface area (Å²) in [5.74, 6) is 0. The van der Waals surface area contributed by atoms with Crippen LogP contribution in [0, 0.1) is 10.1 Å². The molecule has 0 spiro atoms. The fraction of sp³-hybridized carbons (Fsp3) is 0. The highest BCUT2D eigenvalue weighted by Gasteiger charge is 2.13. The van der Waals surface area contributed by atoms with Crippen LogP contribution >= 0.6 is 23.4 Å². The zero-order valence-corrected chi connectivity index (χ0v) is 9.98. The van der Waals surface area contributed by atoms with E-state index in [1.807, 2.05) is 0 Å². The molecule has 1 heterocycles. The van der Waals surface area contributed by atoms with Gasteiger partial charge in [0.15, 0.2) is 5.15 Å². The monoisotopic (exact) mass is 267 g/mol. The Bertz CT molecular complexity index is 548. The molecule has 17 heavy (non-hydrogen) atoms. The van der Waals surface area contributed by atoms with E-state index in [9.17, 15) is 10.1 Å². The van der Waals surface area contributed by atoms with Crippen molar-refractivity contribution in [1.29, 1.82) is 0 Å². The number of nitrogens with zero attached hydrogens (tertiary/aromatic N) is 3. The minimum Gasteiger partial charge on any atom is -0.258 e. The molecule has 1 aromatic carbocycles. The van der Waals surface area contributed by atoms with E-state index >= 15 is 0 Å². The Labute approximate surface area is 106 Å². The summed E-state index contributed by atoms with van der Waals surface area (Å²) in [4.78, 5) is 10.9. The highest BCUT2D eigenvalue weighted by Crippen LogP contribution is 2.33. The Morgan fingerprint density at radius 1 is 1.18 bits per heavy atom. The molecule has 2 rings (SSSR count). The van der Waals surface area contributed by atoms with Crippen LogP contribution in [0.25, 0.3) is 0 Å². The van der Waals surface area contributed by atoms with Crippen LogP contribution in [0.5, 0.6) is 0 Å². The van der Waals surface area contributed by atoms with Gasteiger partial charge in [-0.3, -0.25) is 10.1 Å². The zero-order valence-electron chi connectivity index (χ0n) is 8.41. The van der Waals surface area contributed by atoms with Gasteiger partial charge in [-0.2, -0.15) is 0 Å². The number of aromatic nitrogens is 2. The van der Waals surface area contributed by atoms with Crippen LogP contribution in [0.4, 0.5) is 5.69 Å². The van der Waals surface area contributed by atoms with Gasteiger partial charge in [0, 0.05) is 6.07 Å². The molecule has 1 aromatic heterocycles. The minimum atomic E-state index is -0.425. The summed E-state index contributed by atoms with van der Waals surface area (Å²) >= 11 is 6.78. The molecule has 0 unspecified atom stereocenters. The molecule has 0 fully saturated rings. The third-order valence-electron chi connectivity index (χ3n) is 1.88. The van der Waals surface area contributed by atoms with Crippen LogP contribution in [0.1, 0.15) is 0 Å². The predicted molar refractivity (Wildman–Crippen MR) is 64.3 cm³/mol. The van der Waals surface area contributed by atoms with Gasteiger partial charge in [-0.25, -0.2) is 0 Å². The lowest BCUT2D eigenvalue weighted by molar-refractivity contribution is -0.387. The molecule has 7 heteroatoms. The summed E-state index contributed by atoms with van der Waals surface area (Å²) < 4.78 is 0. The third-order valence-corrected chi connectivity index (χ3v) is 3.08. The normalized spacial score (nSPS) is 10.2. The number of hydrogen-bond donors (Lipinski definition) is 0. The first-order valence-electron chi connectivity index (χ1n) is 4.57. The number of rotatable bonds is 3. The average Bonchev–Trinajstić information content (AvgIpc) is 2.32. The van der Waals surface area contributed by atoms with E-state index in [0.717, 1.165) is 0 Å². The molecule has 86 valence electrons. The number of para-hydroxylation sites is 1. The first kappa shape index (κ1) is 11.8. The van der Waals surface area contributed by atoms with Crippen LogP contribution in [-0.4, -0.2) is 15.1 Å². The molecule has 0 saturated heterocycles. The maximum absolute atomic E-state index is 10.8. The van der Waals surface area contributed by atoms with Gasteiger partial charge >= 0.3 is 0 Å².